The Balaban J connectivity index is 1.85. The number of fused-ring (bicyclic) bond motifs is 2. The number of nitrogens with zero attached hydrogens (tertiary/aromatic N) is 1. The number of carboxylic acid groups (broad SMARTS) is 1. The number of aliphatic hydroxyl groups is 1. The zero-order valence-electron chi connectivity index (χ0n) is 15.8. The van der Waals surface area contributed by atoms with Gasteiger partial charge in [-0.3, -0.25) is 4.90 Å². The van der Waals surface area contributed by atoms with Gasteiger partial charge >= 0.3 is 5.97 Å². The topological polar surface area (TPSA) is 60.8 Å². The van der Waals surface area contributed by atoms with Crippen LogP contribution in [0.1, 0.15) is 45.5 Å². The molecule has 2 N–H and O–H groups in total. The molecule has 2 aromatic carbocycles. The van der Waals surface area contributed by atoms with E-state index in [9.17, 15) is 15.0 Å². The highest BCUT2D eigenvalue weighted by molar-refractivity contribution is 5.89. The Hall–Kier alpha value is -2.69. The van der Waals surface area contributed by atoms with Crippen LogP contribution in [-0.2, 0) is 5.60 Å². The van der Waals surface area contributed by atoms with Crippen LogP contribution < -0.4 is 0 Å². The summed E-state index contributed by atoms with van der Waals surface area (Å²) < 4.78 is 0. The molecule has 144 valence electrons. The fraction of sp³-hybridized carbons (Fsp3) is 0.292. The second-order valence-corrected chi connectivity index (χ2v) is 7.66. The molecule has 4 heteroatoms. The maximum atomic E-state index is 12.2. The van der Waals surface area contributed by atoms with Gasteiger partial charge in [0, 0.05) is 6.54 Å². The number of hydrogen-bond acceptors (Lipinski definition) is 3. The van der Waals surface area contributed by atoms with E-state index < -0.39 is 11.6 Å². The first-order valence-electron chi connectivity index (χ1n) is 9.75. The van der Waals surface area contributed by atoms with Gasteiger partial charge in [-0.15, -0.1) is 6.58 Å². The van der Waals surface area contributed by atoms with Crippen LogP contribution >= 0.6 is 0 Å². The molecular weight excluding hydrogens is 350 g/mol. The molecule has 0 saturated carbocycles. The van der Waals surface area contributed by atoms with Crippen molar-refractivity contribution in [1.82, 2.24) is 4.90 Å². The zero-order valence-corrected chi connectivity index (χ0v) is 15.8. The normalized spacial score (nSPS) is 22.2. The highest BCUT2D eigenvalue weighted by atomic mass is 16.4. The van der Waals surface area contributed by atoms with Crippen molar-refractivity contribution in [1.29, 1.82) is 0 Å². The maximum absolute atomic E-state index is 12.2. The van der Waals surface area contributed by atoms with Crippen molar-refractivity contribution in [2.24, 2.45) is 5.92 Å². The average Bonchev–Trinajstić information content (AvgIpc) is 2.84. The molecule has 0 radical (unpaired) electrons. The summed E-state index contributed by atoms with van der Waals surface area (Å²) in [7, 11) is 0. The predicted molar refractivity (Wildman–Crippen MR) is 111 cm³/mol. The van der Waals surface area contributed by atoms with E-state index in [1.807, 2.05) is 42.5 Å². The van der Waals surface area contributed by atoms with Gasteiger partial charge in [-0.05, 0) is 66.2 Å². The third kappa shape index (κ3) is 3.09. The third-order valence-corrected chi connectivity index (χ3v) is 6.09. The first-order valence-corrected chi connectivity index (χ1v) is 9.75. The molecule has 4 rings (SSSR count). The Morgan fingerprint density at radius 3 is 2.46 bits per heavy atom. The van der Waals surface area contributed by atoms with Crippen molar-refractivity contribution in [3.63, 3.8) is 0 Å². The van der Waals surface area contributed by atoms with Gasteiger partial charge in [0.05, 0.1) is 5.56 Å². The van der Waals surface area contributed by atoms with Gasteiger partial charge in [0.25, 0.3) is 0 Å². The smallest absolute Gasteiger partial charge is 0.335 e. The summed E-state index contributed by atoms with van der Waals surface area (Å²) in [5.41, 5.74) is 2.38. The number of carboxylic acids is 1. The molecular formula is C24H25NO3. The minimum Gasteiger partial charge on any atom is -0.478 e. The van der Waals surface area contributed by atoms with Crippen LogP contribution in [0.4, 0.5) is 0 Å². The molecule has 0 aromatic heterocycles. The molecule has 28 heavy (non-hydrogen) atoms. The summed E-state index contributed by atoms with van der Waals surface area (Å²) in [5, 5.41) is 21.7. The Labute approximate surface area is 165 Å². The monoisotopic (exact) mass is 375 g/mol. The largest absolute Gasteiger partial charge is 0.478 e. The van der Waals surface area contributed by atoms with Crippen LogP contribution in [0.2, 0.25) is 0 Å². The number of likely N-dealkylation sites (tertiary alicyclic amines) is 1. The first-order chi connectivity index (χ1) is 13.5. The standard InChI is InChI=1S/C24H25NO3/c1-2-13-25-14-11-20(12-15-25)24(28)21-6-4-3-5-17(21)7-8-18-9-10-19(23(26)27)16-22(18)24/h2-10,16,20,28H,1,11-15H2,(H,26,27). The first kappa shape index (κ1) is 18.7. The van der Waals surface area contributed by atoms with E-state index in [1.54, 1.807) is 18.2 Å². The van der Waals surface area contributed by atoms with E-state index in [2.05, 4.69) is 11.5 Å². The Morgan fingerprint density at radius 1 is 1.11 bits per heavy atom. The molecule has 4 nitrogen and oxygen atoms in total. The van der Waals surface area contributed by atoms with Gasteiger partial charge in [0.1, 0.15) is 5.60 Å². The molecule has 2 aliphatic rings. The van der Waals surface area contributed by atoms with Crippen LogP contribution in [-0.4, -0.2) is 40.7 Å². The second-order valence-electron chi connectivity index (χ2n) is 7.66. The van der Waals surface area contributed by atoms with E-state index in [-0.39, 0.29) is 11.5 Å². The number of piperidine rings is 1. The number of rotatable bonds is 4. The second kappa shape index (κ2) is 7.38. The van der Waals surface area contributed by atoms with E-state index >= 15 is 0 Å². The van der Waals surface area contributed by atoms with Crippen LogP contribution in [0.25, 0.3) is 12.2 Å². The van der Waals surface area contributed by atoms with Crippen molar-refractivity contribution in [3.8, 4) is 0 Å². The van der Waals surface area contributed by atoms with Gasteiger partial charge in [-0.2, -0.15) is 0 Å². The fourth-order valence-corrected chi connectivity index (χ4v) is 4.63. The Kier molecular flexibility index (Phi) is 4.92. The molecule has 2 aromatic rings. The summed E-state index contributed by atoms with van der Waals surface area (Å²) in [6.45, 7) is 6.45. The van der Waals surface area contributed by atoms with Gasteiger partial charge in [0.15, 0.2) is 0 Å². The molecule has 0 spiro atoms. The van der Waals surface area contributed by atoms with Gasteiger partial charge < -0.3 is 10.2 Å². The summed E-state index contributed by atoms with van der Waals surface area (Å²) in [4.78, 5) is 13.9. The van der Waals surface area contributed by atoms with Gasteiger partial charge in [-0.1, -0.05) is 48.6 Å². The van der Waals surface area contributed by atoms with E-state index in [0.29, 0.717) is 5.56 Å². The molecule has 1 saturated heterocycles. The van der Waals surface area contributed by atoms with Crippen molar-refractivity contribution >= 4 is 18.1 Å². The lowest BCUT2D eigenvalue weighted by Gasteiger charge is -2.43. The molecule has 0 amide bonds. The van der Waals surface area contributed by atoms with E-state index in [0.717, 1.165) is 49.2 Å². The average molecular weight is 375 g/mol. The van der Waals surface area contributed by atoms with Gasteiger partial charge in [-0.25, -0.2) is 4.79 Å². The molecule has 0 bridgehead atoms. The van der Waals surface area contributed by atoms with Crippen LogP contribution in [0.3, 0.4) is 0 Å². The lowest BCUT2D eigenvalue weighted by molar-refractivity contribution is -0.0128. The van der Waals surface area contributed by atoms with E-state index in [4.69, 9.17) is 0 Å². The van der Waals surface area contributed by atoms with Crippen LogP contribution in [0, 0.1) is 5.92 Å². The van der Waals surface area contributed by atoms with Crippen molar-refractivity contribution in [2.45, 2.75) is 18.4 Å². The molecule has 1 heterocycles. The Bertz CT molecular complexity index is 941. The lowest BCUT2D eigenvalue weighted by atomic mass is 9.70. The Morgan fingerprint density at radius 2 is 1.79 bits per heavy atom. The maximum Gasteiger partial charge on any atom is 0.335 e. The molecule has 1 atom stereocenters. The highest BCUT2D eigenvalue weighted by Gasteiger charge is 2.44. The molecule has 1 aliphatic heterocycles. The predicted octanol–water partition coefficient (Wildman–Crippen LogP) is 4.00. The summed E-state index contributed by atoms with van der Waals surface area (Å²) >= 11 is 0. The quantitative estimate of drug-likeness (QED) is 0.793. The lowest BCUT2D eigenvalue weighted by Crippen LogP contribution is -2.44. The number of benzene rings is 2. The number of aromatic carboxylic acids is 1. The summed E-state index contributed by atoms with van der Waals surface area (Å²) in [6, 6.07) is 12.9. The molecule has 1 aliphatic carbocycles. The third-order valence-electron chi connectivity index (χ3n) is 6.09. The minimum absolute atomic E-state index is 0.0115. The van der Waals surface area contributed by atoms with E-state index in [1.165, 1.54) is 0 Å². The summed E-state index contributed by atoms with van der Waals surface area (Å²) in [5.74, 6) is -0.968. The van der Waals surface area contributed by atoms with Crippen molar-refractivity contribution in [2.75, 3.05) is 19.6 Å². The zero-order chi connectivity index (χ0) is 19.7. The number of carbonyl (C=O) groups is 1. The molecule has 1 fully saturated rings. The van der Waals surface area contributed by atoms with Crippen molar-refractivity contribution < 1.29 is 15.0 Å². The number of hydrogen-bond donors (Lipinski definition) is 2. The highest BCUT2D eigenvalue weighted by Crippen LogP contribution is 2.46. The van der Waals surface area contributed by atoms with Crippen molar-refractivity contribution in [3.05, 3.63) is 82.9 Å². The van der Waals surface area contributed by atoms with Crippen LogP contribution in [0.5, 0.6) is 0 Å². The SMILES string of the molecule is C=CCN1CCC(C2(O)c3ccccc3C=Cc3ccc(C(=O)O)cc32)CC1. The minimum atomic E-state index is -1.22. The summed E-state index contributed by atoms with van der Waals surface area (Å²) in [6.07, 6.45) is 7.59. The molecule has 1 unspecified atom stereocenters. The fourth-order valence-electron chi connectivity index (χ4n) is 4.63. The van der Waals surface area contributed by atoms with Crippen LogP contribution in [0.15, 0.2) is 55.1 Å². The van der Waals surface area contributed by atoms with Gasteiger partial charge in [0.2, 0.25) is 0 Å².